The lowest BCUT2D eigenvalue weighted by Crippen LogP contribution is -2.16. The van der Waals surface area contributed by atoms with Crippen molar-refractivity contribution in [3.8, 4) is 11.5 Å². The molecule has 0 aliphatic heterocycles. The van der Waals surface area contributed by atoms with Crippen molar-refractivity contribution >= 4 is 23.1 Å². The lowest BCUT2D eigenvalue weighted by atomic mass is 10.3. The van der Waals surface area contributed by atoms with E-state index in [0.717, 1.165) is 5.69 Å². The number of nitrogens with one attached hydrogen (secondary N) is 1. The summed E-state index contributed by atoms with van der Waals surface area (Å²) < 4.78 is 10.7. The Balaban J connectivity index is 2.03. The fraction of sp³-hybridized carbons (Fsp3) is 0.0714. The molecule has 0 fully saturated rings. The highest BCUT2D eigenvalue weighted by atomic mass is 32.1. The second-order valence-corrected chi connectivity index (χ2v) is 3.90. The molecule has 3 nitrogen and oxygen atoms in total. The third-order valence-corrected chi connectivity index (χ3v) is 2.48. The number of anilines is 1. The van der Waals surface area contributed by atoms with Gasteiger partial charge >= 0.3 is 0 Å². The molecule has 0 heterocycles. The van der Waals surface area contributed by atoms with Crippen LogP contribution in [-0.2, 0) is 0 Å². The van der Waals surface area contributed by atoms with Gasteiger partial charge in [0.15, 0.2) is 11.5 Å². The fourth-order valence-corrected chi connectivity index (χ4v) is 1.68. The van der Waals surface area contributed by atoms with E-state index >= 15 is 0 Å². The van der Waals surface area contributed by atoms with Crippen molar-refractivity contribution in [3.63, 3.8) is 0 Å². The van der Waals surface area contributed by atoms with Crippen molar-refractivity contribution < 1.29 is 9.47 Å². The van der Waals surface area contributed by atoms with Gasteiger partial charge in [0, 0.05) is 5.69 Å². The van der Waals surface area contributed by atoms with Gasteiger partial charge in [0.05, 0.1) is 7.11 Å². The molecule has 0 amide bonds. The van der Waals surface area contributed by atoms with E-state index in [-0.39, 0.29) is 5.17 Å². The number of para-hydroxylation sites is 3. The maximum absolute atomic E-state index is 5.54. The molecule has 0 saturated heterocycles. The Hall–Kier alpha value is -2.07. The quantitative estimate of drug-likeness (QED) is 0.855. The minimum absolute atomic E-state index is 0.283. The van der Waals surface area contributed by atoms with Gasteiger partial charge in [-0.15, -0.1) is 0 Å². The van der Waals surface area contributed by atoms with Crippen LogP contribution in [0.15, 0.2) is 54.6 Å². The average molecular weight is 259 g/mol. The molecule has 2 rings (SSSR count). The highest BCUT2D eigenvalue weighted by Crippen LogP contribution is 2.26. The number of methoxy groups -OCH3 is 1. The number of ether oxygens (including phenoxy) is 2. The van der Waals surface area contributed by atoms with Crippen LogP contribution in [0, 0.1) is 0 Å². The zero-order valence-electron chi connectivity index (χ0n) is 9.92. The predicted molar refractivity (Wildman–Crippen MR) is 76.3 cm³/mol. The molecule has 18 heavy (non-hydrogen) atoms. The van der Waals surface area contributed by atoms with E-state index in [4.69, 9.17) is 21.7 Å². The van der Waals surface area contributed by atoms with Gasteiger partial charge in [0.1, 0.15) is 0 Å². The molecule has 0 spiro atoms. The summed E-state index contributed by atoms with van der Waals surface area (Å²) in [4.78, 5) is 0. The Morgan fingerprint density at radius 3 is 2.22 bits per heavy atom. The molecule has 0 radical (unpaired) electrons. The molecule has 2 aromatic rings. The van der Waals surface area contributed by atoms with E-state index in [1.807, 2.05) is 48.5 Å². The normalized spacial score (nSPS) is 9.61. The van der Waals surface area contributed by atoms with Crippen LogP contribution < -0.4 is 14.8 Å². The van der Waals surface area contributed by atoms with Gasteiger partial charge in [-0.25, -0.2) is 0 Å². The minimum Gasteiger partial charge on any atom is -0.493 e. The second kappa shape index (κ2) is 6.02. The summed E-state index contributed by atoms with van der Waals surface area (Å²) in [7, 11) is 1.59. The molecule has 0 saturated carbocycles. The van der Waals surface area contributed by atoms with Crippen LogP contribution in [0.4, 0.5) is 5.69 Å². The zero-order chi connectivity index (χ0) is 12.8. The number of hydrogen-bond donors (Lipinski definition) is 1. The van der Waals surface area contributed by atoms with Crippen molar-refractivity contribution in [2.45, 2.75) is 0 Å². The largest absolute Gasteiger partial charge is 0.493 e. The molecule has 0 aliphatic rings. The first-order valence-electron chi connectivity index (χ1n) is 5.46. The van der Waals surface area contributed by atoms with Crippen molar-refractivity contribution in [1.29, 1.82) is 0 Å². The minimum atomic E-state index is 0.283. The number of benzene rings is 2. The first-order chi connectivity index (χ1) is 8.79. The molecule has 0 atom stereocenters. The molecule has 0 aliphatic carbocycles. The van der Waals surface area contributed by atoms with E-state index in [1.165, 1.54) is 0 Å². The molecular formula is C14H13NO2S. The lowest BCUT2D eigenvalue weighted by molar-refractivity contribution is 0.392. The van der Waals surface area contributed by atoms with Gasteiger partial charge in [0.2, 0.25) is 0 Å². The highest BCUT2D eigenvalue weighted by Gasteiger charge is 2.06. The topological polar surface area (TPSA) is 30.5 Å². The average Bonchev–Trinajstić information content (AvgIpc) is 2.40. The zero-order valence-corrected chi connectivity index (χ0v) is 10.7. The summed E-state index contributed by atoms with van der Waals surface area (Å²) in [6, 6.07) is 17.0. The summed E-state index contributed by atoms with van der Waals surface area (Å²) in [5.41, 5.74) is 0.886. The van der Waals surface area contributed by atoms with Crippen LogP contribution in [0.5, 0.6) is 11.5 Å². The van der Waals surface area contributed by atoms with Crippen LogP contribution >= 0.6 is 12.2 Å². The van der Waals surface area contributed by atoms with Crippen molar-refractivity contribution in [2.75, 3.05) is 12.4 Å². The van der Waals surface area contributed by atoms with Crippen LogP contribution in [-0.4, -0.2) is 12.3 Å². The molecule has 4 heteroatoms. The van der Waals surface area contributed by atoms with Gasteiger partial charge in [-0.3, -0.25) is 0 Å². The van der Waals surface area contributed by atoms with Crippen molar-refractivity contribution in [1.82, 2.24) is 0 Å². The third kappa shape index (κ3) is 3.21. The SMILES string of the molecule is COc1ccccc1OC(=S)Nc1ccccc1. The maximum atomic E-state index is 5.54. The number of thiocarbonyl (C=S) groups is 1. The van der Waals surface area contributed by atoms with E-state index < -0.39 is 0 Å². The van der Waals surface area contributed by atoms with Gasteiger partial charge in [0.25, 0.3) is 5.17 Å². The summed E-state index contributed by atoms with van der Waals surface area (Å²) >= 11 is 5.14. The van der Waals surface area contributed by atoms with Crippen LogP contribution in [0.25, 0.3) is 0 Å². The molecular weight excluding hydrogens is 246 g/mol. The van der Waals surface area contributed by atoms with Crippen LogP contribution in [0.1, 0.15) is 0 Å². The summed E-state index contributed by atoms with van der Waals surface area (Å²) in [5.74, 6) is 1.24. The predicted octanol–water partition coefficient (Wildman–Crippen LogP) is 3.47. The van der Waals surface area contributed by atoms with Crippen LogP contribution in [0.3, 0.4) is 0 Å². The van der Waals surface area contributed by atoms with Gasteiger partial charge in [-0.2, -0.15) is 0 Å². The molecule has 1 N–H and O–H groups in total. The van der Waals surface area contributed by atoms with Crippen LogP contribution in [0.2, 0.25) is 0 Å². The monoisotopic (exact) mass is 259 g/mol. The summed E-state index contributed by atoms with van der Waals surface area (Å²) in [6.07, 6.45) is 0. The van der Waals surface area contributed by atoms with E-state index in [9.17, 15) is 0 Å². The van der Waals surface area contributed by atoms with Crippen molar-refractivity contribution in [3.05, 3.63) is 54.6 Å². The second-order valence-electron chi connectivity index (χ2n) is 3.53. The number of hydrogen-bond acceptors (Lipinski definition) is 3. The van der Waals surface area contributed by atoms with E-state index in [0.29, 0.717) is 11.5 Å². The molecule has 0 aromatic heterocycles. The Bertz CT molecular complexity index is 528. The first kappa shape index (κ1) is 12.4. The van der Waals surface area contributed by atoms with Gasteiger partial charge in [-0.1, -0.05) is 30.3 Å². The smallest absolute Gasteiger partial charge is 0.266 e. The van der Waals surface area contributed by atoms with E-state index in [2.05, 4.69) is 5.32 Å². The number of rotatable bonds is 3. The summed E-state index contributed by atoms with van der Waals surface area (Å²) in [6.45, 7) is 0. The maximum Gasteiger partial charge on any atom is 0.266 e. The first-order valence-corrected chi connectivity index (χ1v) is 5.87. The highest BCUT2D eigenvalue weighted by molar-refractivity contribution is 7.80. The van der Waals surface area contributed by atoms with Gasteiger partial charge in [-0.05, 0) is 36.5 Å². The Morgan fingerprint density at radius 2 is 1.56 bits per heavy atom. The standard InChI is InChI=1S/C14H13NO2S/c1-16-12-9-5-6-10-13(12)17-14(18)15-11-7-3-2-4-8-11/h2-10H,1H3,(H,15,18). The molecule has 92 valence electrons. The lowest BCUT2D eigenvalue weighted by Gasteiger charge is -2.11. The Kier molecular flexibility index (Phi) is 4.15. The molecule has 0 unspecified atom stereocenters. The van der Waals surface area contributed by atoms with Gasteiger partial charge < -0.3 is 14.8 Å². The molecule has 0 bridgehead atoms. The molecule has 2 aromatic carbocycles. The van der Waals surface area contributed by atoms with Crippen molar-refractivity contribution in [2.24, 2.45) is 0 Å². The van der Waals surface area contributed by atoms with E-state index in [1.54, 1.807) is 13.2 Å². The third-order valence-electron chi connectivity index (χ3n) is 2.29. The fourth-order valence-electron chi connectivity index (χ4n) is 1.47. The Labute approximate surface area is 111 Å². The Morgan fingerprint density at radius 1 is 0.944 bits per heavy atom. The summed E-state index contributed by atoms with van der Waals surface area (Å²) in [5, 5.41) is 3.28.